The predicted molar refractivity (Wildman–Crippen MR) is 274 cm³/mol. The van der Waals surface area contributed by atoms with Gasteiger partial charge in [0, 0.05) is 0 Å². The van der Waals surface area contributed by atoms with Gasteiger partial charge in [-0.05, 0) is 38.9 Å². The SMILES string of the molecule is CCCCCCCCCCCCCCCCCCCCN(CCCCCCCCCCCCCCCCCC)CCCCCCCCCCCCCCCCCCCC. The van der Waals surface area contributed by atoms with Gasteiger partial charge in [0.1, 0.15) is 0 Å². The first kappa shape index (κ1) is 59.0. The molecular weight excluding hydrogens is 711 g/mol. The number of hydrogen-bond acceptors (Lipinski definition) is 1. The molecule has 1 nitrogen and oxygen atoms in total. The van der Waals surface area contributed by atoms with Crippen molar-refractivity contribution in [3.63, 3.8) is 0 Å². The van der Waals surface area contributed by atoms with Crippen LogP contribution in [0.3, 0.4) is 0 Å². The predicted octanol–water partition coefficient (Wildman–Crippen LogP) is 21.6. The van der Waals surface area contributed by atoms with Gasteiger partial charge in [-0.1, -0.05) is 335 Å². The van der Waals surface area contributed by atoms with Gasteiger partial charge in [-0.15, -0.1) is 0 Å². The molecule has 0 spiro atoms. The maximum absolute atomic E-state index is 2.89. The molecule has 0 unspecified atom stereocenters. The third kappa shape index (κ3) is 54.0. The average molecular weight is 831 g/mol. The zero-order valence-corrected chi connectivity index (χ0v) is 42.3. The Balaban J connectivity index is 3.95. The fraction of sp³-hybridized carbons (Fsp3) is 1.00. The first-order valence-corrected chi connectivity index (χ1v) is 29.1. The number of hydrogen-bond donors (Lipinski definition) is 0. The molecule has 0 saturated carbocycles. The Morgan fingerprint density at radius 1 is 0.136 bits per heavy atom. The van der Waals surface area contributed by atoms with Gasteiger partial charge in [0.05, 0.1) is 0 Å². The monoisotopic (exact) mass is 830 g/mol. The number of rotatable bonds is 55. The van der Waals surface area contributed by atoms with Crippen LogP contribution in [0.15, 0.2) is 0 Å². The van der Waals surface area contributed by atoms with E-state index in [1.165, 1.54) is 354 Å². The van der Waals surface area contributed by atoms with Crippen LogP contribution in [0.25, 0.3) is 0 Å². The molecule has 356 valence electrons. The topological polar surface area (TPSA) is 3.24 Å². The number of unbranched alkanes of at least 4 members (excludes halogenated alkanes) is 49. The minimum absolute atomic E-state index is 1.37. The lowest BCUT2D eigenvalue weighted by Gasteiger charge is -2.22. The Bertz CT molecular complexity index is 647. The van der Waals surface area contributed by atoms with Crippen molar-refractivity contribution >= 4 is 0 Å². The van der Waals surface area contributed by atoms with Gasteiger partial charge in [0.2, 0.25) is 0 Å². The molecule has 0 fully saturated rings. The second-order valence-corrected chi connectivity index (χ2v) is 20.2. The number of nitrogens with zero attached hydrogens (tertiary/aromatic N) is 1. The van der Waals surface area contributed by atoms with E-state index in [-0.39, 0.29) is 0 Å². The molecule has 0 aromatic heterocycles. The summed E-state index contributed by atoms with van der Waals surface area (Å²) in [7, 11) is 0. The minimum atomic E-state index is 1.37. The second-order valence-electron chi connectivity index (χ2n) is 20.2. The summed E-state index contributed by atoms with van der Waals surface area (Å²) in [6.07, 6.45) is 76.5. The third-order valence-electron chi connectivity index (χ3n) is 14.0. The maximum Gasteiger partial charge on any atom is -0.00187 e. The van der Waals surface area contributed by atoms with Crippen molar-refractivity contribution in [2.24, 2.45) is 0 Å². The highest BCUT2D eigenvalue weighted by Crippen LogP contribution is 2.18. The normalized spacial score (nSPS) is 11.8. The van der Waals surface area contributed by atoms with E-state index >= 15 is 0 Å². The quantitative estimate of drug-likeness (QED) is 0.0552. The summed E-state index contributed by atoms with van der Waals surface area (Å²) in [5.41, 5.74) is 0. The van der Waals surface area contributed by atoms with Crippen LogP contribution in [0.5, 0.6) is 0 Å². The Morgan fingerprint density at radius 2 is 0.237 bits per heavy atom. The summed E-state index contributed by atoms with van der Waals surface area (Å²) >= 11 is 0. The van der Waals surface area contributed by atoms with Crippen LogP contribution < -0.4 is 0 Å². The van der Waals surface area contributed by atoms with Crippen molar-refractivity contribution in [1.82, 2.24) is 4.90 Å². The summed E-state index contributed by atoms with van der Waals surface area (Å²) in [6.45, 7) is 11.1. The van der Waals surface area contributed by atoms with Crippen LogP contribution in [-0.4, -0.2) is 24.5 Å². The molecule has 0 heterocycles. The first-order valence-electron chi connectivity index (χ1n) is 29.1. The molecule has 0 amide bonds. The zero-order chi connectivity index (χ0) is 42.5. The Kier molecular flexibility index (Phi) is 55.9. The smallest absolute Gasteiger partial charge is 0.00187 e. The van der Waals surface area contributed by atoms with Crippen molar-refractivity contribution < 1.29 is 0 Å². The molecule has 0 saturated heterocycles. The largest absolute Gasteiger partial charge is 0.303 e. The van der Waals surface area contributed by atoms with Gasteiger partial charge in [0.15, 0.2) is 0 Å². The van der Waals surface area contributed by atoms with E-state index in [0.29, 0.717) is 0 Å². The lowest BCUT2D eigenvalue weighted by Crippen LogP contribution is -2.27. The molecule has 0 bridgehead atoms. The molecule has 0 atom stereocenters. The molecule has 0 aliphatic heterocycles. The molecule has 0 aromatic carbocycles. The summed E-state index contributed by atoms with van der Waals surface area (Å²) in [5.74, 6) is 0. The van der Waals surface area contributed by atoms with Crippen molar-refractivity contribution in [2.75, 3.05) is 19.6 Å². The highest BCUT2D eigenvalue weighted by atomic mass is 15.1. The van der Waals surface area contributed by atoms with Crippen LogP contribution in [0.4, 0.5) is 0 Å². The van der Waals surface area contributed by atoms with E-state index in [0.717, 1.165) is 0 Å². The van der Waals surface area contributed by atoms with Gasteiger partial charge in [-0.3, -0.25) is 0 Å². The molecular formula is C58H119N. The van der Waals surface area contributed by atoms with Gasteiger partial charge in [-0.25, -0.2) is 0 Å². The van der Waals surface area contributed by atoms with Crippen LogP contribution in [-0.2, 0) is 0 Å². The van der Waals surface area contributed by atoms with Gasteiger partial charge in [-0.2, -0.15) is 0 Å². The zero-order valence-electron chi connectivity index (χ0n) is 42.3. The lowest BCUT2D eigenvalue weighted by molar-refractivity contribution is 0.254. The standard InChI is InChI=1S/C58H119N/c1-4-7-10-13-16-19-22-25-28-31-33-36-39-42-45-48-51-54-57-59(56-53-50-47-44-41-38-35-30-27-24-21-18-15-12-9-6-3)58-55-52-49-46-43-40-37-34-32-29-26-23-20-17-14-11-8-5-2/h4-58H2,1-3H3. The van der Waals surface area contributed by atoms with Crippen LogP contribution >= 0.6 is 0 Å². The third-order valence-corrected chi connectivity index (χ3v) is 14.0. The molecule has 59 heavy (non-hydrogen) atoms. The Hall–Kier alpha value is -0.0400. The Morgan fingerprint density at radius 3 is 0.356 bits per heavy atom. The summed E-state index contributed by atoms with van der Waals surface area (Å²) in [5, 5.41) is 0. The lowest BCUT2D eigenvalue weighted by atomic mass is 10.0. The molecule has 0 radical (unpaired) electrons. The van der Waals surface area contributed by atoms with Gasteiger partial charge in [0.25, 0.3) is 0 Å². The van der Waals surface area contributed by atoms with Crippen molar-refractivity contribution in [2.45, 2.75) is 355 Å². The van der Waals surface area contributed by atoms with Crippen molar-refractivity contribution in [3.8, 4) is 0 Å². The average Bonchev–Trinajstić information content (AvgIpc) is 3.25. The van der Waals surface area contributed by atoms with Crippen molar-refractivity contribution in [3.05, 3.63) is 0 Å². The van der Waals surface area contributed by atoms with E-state index < -0.39 is 0 Å². The Labute approximate surface area is 377 Å². The van der Waals surface area contributed by atoms with E-state index in [2.05, 4.69) is 25.7 Å². The highest BCUT2D eigenvalue weighted by molar-refractivity contribution is 4.61. The van der Waals surface area contributed by atoms with Crippen LogP contribution in [0.2, 0.25) is 0 Å². The van der Waals surface area contributed by atoms with E-state index in [1.807, 2.05) is 0 Å². The van der Waals surface area contributed by atoms with E-state index in [4.69, 9.17) is 0 Å². The van der Waals surface area contributed by atoms with Crippen LogP contribution in [0.1, 0.15) is 355 Å². The van der Waals surface area contributed by atoms with Gasteiger partial charge >= 0.3 is 0 Å². The maximum atomic E-state index is 2.89. The molecule has 0 aromatic rings. The molecule has 0 rings (SSSR count). The summed E-state index contributed by atoms with van der Waals surface area (Å²) < 4.78 is 0. The first-order chi connectivity index (χ1) is 29.3. The molecule has 1 heteroatoms. The fourth-order valence-corrected chi connectivity index (χ4v) is 9.69. The molecule has 0 aliphatic rings. The highest BCUT2D eigenvalue weighted by Gasteiger charge is 2.06. The van der Waals surface area contributed by atoms with E-state index in [1.54, 1.807) is 0 Å². The van der Waals surface area contributed by atoms with Crippen molar-refractivity contribution in [1.29, 1.82) is 0 Å². The summed E-state index contributed by atoms with van der Waals surface area (Å²) in [4.78, 5) is 2.89. The summed E-state index contributed by atoms with van der Waals surface area (Å²) in [6, 6.07) is 0. The fourth-order valence-electron chi connectivity index (χ4n) is 9.69. The van der Waals surface area contributed by atoms with Crippen LogP contribution in [0, 0.1) is 0 Å². The minimum Gasteiger partial charge on any atom is -0.303 e. The second kappa shape index (κ2) is 56.0. The molecule has 0 N–H and O–H groups in total. The molecule has 0 aliphatic carbocycles. The van der Waals surface area contributed by atoms with Gasteiger partial charge < -0.3 is 4.90 Å². The van der Waals surface area contributed by atoms with E-state index in [9.17, 15) is 0 Å².